The van der Waals surface area contributed by atoms with Crippen molar-refractivity contribution in [2.45, 2.75) is 0 Å². The number of anilines is 2. The van der Waals surface area contributed by atoms with Gasteiger partial charge in [-0.25, -0.2) is 4.98 Å². The van der Waals surface area contributed by atoms with E-state index in [0.717, 1.165) is 11.4 Å². The Kier molecular flexibility index (Phi) is 3.70. The van der Waals surface area contributed by atoms with Crippen LogP contribution in [-0.4, -0.2) is 17.9 Å². The summed E-state index contributed by atoms with van der Waals surface area (Å²) in [5, 5.41) is 3.79. The number of ketones is 1. The lowest BCUT2D eigenvalue weighted by Gasteiger charge is -2.03. The molecule has 1 aromatic carbocycles. The predicted molar refractivity (Wildman–Crippen MR) is 80.5 cm³/mol. The third-order valence-corrected chi connectivity index (χ3v) is 3.73. The van der Waals surface area contributed by atoms with Crippen LogP contribution >= 0.6 is 11.3 Å². The van der Waals surface area contributed by atoms with Crippen LogP contribution in [0.4, 0.5) is 10.8 Å². The Morgan fingerprint density at radius 2 is 2.10 bits per heavy atom. The number of furan rings is 1. The van der Waals surface area contributed by atoms with Crippen molar-refractivity contribution >= 4 is 27.9 Å². The second-order valence-electron chi connectivity index (χ2n) is 4.19. The third-order valence-electron chi connectivity index (χ3n) is 2.82. The molecule has 0 spiro atoms. The number of rotatable bonds is 5. The summed E-state index contributed by atoms with van der Waals surface area (Å²) in [5.74, 6) is 0.934. The Morgan fingerprint density at radius 1 is 1.29 bits per heavy atom. The van der Waals surface area contributed by atoms with Crippen LogP contribution in [0, 0.1) is 0 Å². The molecule has 0 unspecified atom stereocenters. The molecule has 0 fully saturated rings. The van der Waals surface area contributed by atoms with Crippen LogP contribution in [0.5, 0.6) is 5.75 Å². The van der Waals surface area contributed by atoms with Gasteiger partial charge in [0.05, 0.1) is 19.6 Å². The van der Waals surface area contributed by atoms with Crippen LogP contribution in [0.15, 0.2) is 53.3 Å². The van der Waals surface area contributed by atoms with Gasteiger partial charge in [0, 0.05) is 5.69 Å². The van der Waals surface area contributed by atoms with Gasteiger partial charge in [-0.15, -0.1) is 0 Å². The maximum Gasteiger partial charge on any atom is 0.239 e. The second kappa shape index (κ2) is 5.80. The summed E-state index contributed by atoms with van der Waals surface area (Å²) in [6.45, 7) is 0. The largest absolute Gasteiger partial charge is 0.497 e. The summed E-state index contributed by atoms with van der Waals surface area (Å²) in [6, 6.07) is 10.8. The summed E-state index contributed by atoms with van der Waals surface area (Å²) in [7, 11) is 1.62. The van der Waals surface area contributed by atoms with Gasteiger partial charge in [-0.2, -0.15) is 0 Å². The molecule has 106 valence electrons. The maximum absolute atomic E-state index is 12.1. The Bertz CT molecular complexity index is 733. The zero-order valence-corrected chi connectivity index (χ0v) is 12.0. The molecule has 3 rings (SSSR count). The highest BCUT2D eigenvalue weighted by Gasteiger charge is 2.15. The van der Waals surface area contributed by atoms with Crippen molar-refractivity contribution in [2.75, 3.05) is 12.4 Å². The number of thiazole rings is 1. The average Bonchev–Trinajstić information content (AvgIpc) is 3.19. The van der Waals surface area contributed by atoms with Gasteiger partial charge >= 0.3 is 0 Å². The topological polar surface area (TPSA) is 64.4 Å². The lowest BCUT2D eigenvalue weighted by molar-refractivity contribution is 0.101. The molecule has 0 aliphatic carbocycles. The third kappa shape index (κ3) is 2.95. The van der Waals surface area contributed by atoms with Crippen LogP contribution in [0.1, 0.15) is 15.4 Å². The first-order valence-corrected chi connectivity index (χ1v) is 7.03. The van der Waals surface area contributed by atoms with E-state index >= 15 is 0 Å². The molecular formula is C15H12N2O3S. The van der Waals surface area contributed by atoms with Crippen LogP contribution in [-0.2, 0) is 0 Å². The molecule has 0 bridgehead atoms. The Labute approximate surface area is 125 Å². The molecule has 2 aromatic heterocycles. The van der Waals surface area contributed by atoms with Crippen molar-refractivity contribution < 1.29 is 13.9 Å². The monoisotopic (exact) mass is 300 g/mol. The van der Waals surface area contributed by atoms with Crippen LogP contribution in [0.25, 0.3) is 0 Å². The van der Waals surface area contributed by atoms with Crippen molar-refractivity contribution in [1.82, 2.24) is 4.98 Å². The molecule has 2 heterocycles. The number of methoxy groups -OCH3 is 1. The molecule has 0 aliphatic rings. The lowest BCUT2D eigenvalue weighted by atomic mass is 10.3. The molecule has 0 saturated heterocycles. The number of hydrogen-bond acceptors (Lipinski definition) is 6. The minimum Gasteiger partial charge on any atom is -0.497 e. The molecule has 0 aliphatic heterocycles. The summed E-state index contributed by atoms with van der Waals surface area (Å²) < 4.78 is 10.2. The summed E-state index contributed by atoms with van der Waals surface area (Å²) in [6.07, 6.45) is 3.02. The highest BCUT2D eigenvalue weighted by atomic mass is 32.1. The van der Waals surface area contributed by atoms with E-state index in [-0.39, 0.29) is 5.78 Å². The van der Waals surface area contributed by atoms with Crippen molar-refractivity contribution in [3.63, 3.8) is 0 Å². The second-order valence-corrected chi connectivity index (χ2v) is 5.22. The van der Waals surface area contributed by atoms with Gasteiger partial charge in [-0.1, -0.05) is 11.3 Å². The molecule has 0 atom stereocenters. The average molecular weight is 300 g/mol. The van der Waals surface area contributed by atoms with E-state index in [0.29, 0.717) is 15.8 Å². The van der Waals surface area contributed by atoms with Gasteiger partial charge in [0.2, 0.25) is 5.78 Å². The van der Waals surface area contributed by atoms with Crippen LogP contribution in [0.2, 0.25) is 0 Å². The maximum atomic E-state index is 12.1. The van der Waals surface area contributed by atoms with Gasteiger partial charge in [-0.05, 0) is 36.4 Å². The molecule has 3 aromatic rings. The normalized spacial score (nSPS) is 10.3. The van der Waals surface area contributed by atoms with Crippen LogP contribution < -0.4 is 10.1 Å². The number of ether oxygens (including phenoxy) is 1. The molecular weight excluding hydrogens is 288 g/mol. The Morgan fingerprint density at radius 3 is 2.76 bits per heavy atom. The van der Waals surface area contributed by atoms with Crippen LogP contribution in [0.3, 0.4) is 0 Å². The molecule has 6 heteroatoms. The van der Waals surface area contributed by atoms with E-state index in [9.17, 15) is 4.79 Å². The summed E-state index contributed by atoms with van der Waals surface area (Å²) in [5.41, 5.74) is 0.877. The van der Waals surface area contributed by atoms with Crippen molar-refractivity contribution in [2.24, 2.45) is 0 Å². The molecule has 5 nitrogen and oxygen atoms in total. The molecule has 0 radical (unpaired) electrons. The number of carbonyl (C=O) groups is 1. The number of benzene rings is 1. The zero-order valence-electron chi connectivity index (χ0n) is 11.2. The Hall–Kier alpha value is -2.60. The lowest BCUT2D eigenvalue weighted by Crippen LogP contribution is -1.95. The zero-order chi connectivity index (χ0) is 14.7. The number of nitrogens with one attached hydrogen (secondary N) is 1. The fourth-order valence-corrected chi connectivity index (χ4v) is 2.55. The minimum absolute atomic E-state index is 0.166. The van der Waals surface area contributed by atoms with Gasteiger partial charge in [0.25, 0.3) is 0 Å². The number of aromatic nitrogens is 1. The molecule has 0 saturated carbocycles. The smallest absolute Gasteiger partial charge is 0.239 e. The van der Waals surface area contributed by atoms with E-state index in [1.165, 1.54) is 17.6 Å². The first-order chi connectivity index (χ1) is 10.3. The number of carbonyl (C=O) groups excluding carboxylic acids is 1. The fourth-order valence-electron chi connectivity index (χ4n) is 1.76. The predicted octanol–water partition coefficient (Wildman–Crippen LogP) is 3.72. The Balaban J connectivity index is 1.74. The number of nitrogens with zero attached hydrogens (tertiary/aromatic N) is 1. The van der Waals surface area contributed by atoms with E-state index in [1.54, 1.807) is 25.4 Å². The molecule has 1 N–H and O–H groups in total. The van der Waals surface area contributed by atoms with Crippen molar-refractivity contribution in [3.05, 3.63) is 59.5 Å². The van der Waals surface area contributed by atoms with E-state index in [1.807, 2.05) is 24.3 Å². The minimum atomic E-state index is -0.166. The quantitative estimate of drug-likeness (QED) is 0.727. The first-order valence-electron chi connectivity index (χ1n) is 6.21. The highest BCUT2D eigenvalue weighted by Crippen LogP contribution is 2.25. The van der Waals surface area contributed by atoms with Crippen molar-refractivity contribution in [1.29, 1.82) is 0 Å². The van der Waals surface area contributed by atoms with E-state index < -0.39 is 0 Å². The van der Waals surface area contributed by atoms with E-state index in [2.05, 4.69) is 10.3 Å². The highest BCUT2D eigenvalue weighted by molar-refractivity contribution is 7.17. The first kappa shape index (κ1) is 13.4. The fraction of sp³-hybridized carbons (Fsp3) is 0.0667. The molecule has 21 heavy (non-hydrogen) atoms. The van der Waals surface area contributed by atoms with Gasteiger partial charge in [-0.3, -0.25) is 4.79 Å². The summed E-state index contributed by atoms with van der Waals surface area (Å²) in [4.78, 5) is 16.8. The SMILES string of the molecule is COc1ccc(Nc2ncc(C(=O)c3ccco3)s2)cc1. The summed E-state index contributed by atoms with van der Waals surface area (Å²) >= 11 is 1.28. The standard InChI is InChI=1S/C15H12N2O3S/c1-19-11-6-4-10(5-7-11)17-15-16-9-13(21-15)14(18)12-3-2-8-20-12/h2-9H,1H3,(H,16,17). The van der Waals surface area contributed by atoms with Gasteiger partial charge < -0.3 is 14.5 Å². The van der Waals surface area contributed by atoms with Gasteiger partial charge in [0.1, 0.15) is 10.6 Å². The number of hydrogen-bond donors (Lipinski definition) is 1. The van der Waals surface area contributed by atoms with E-state index in [4.69, 9.17) is 9.15 Å². The van der Waals surface area contributed by atoms with Gasteiger partial charge in [0.15, 0.2) is 10.9 Å². The van der Waals surface area contributed by atoms with Crippen molar-refractivity contribution in [3.8, 4) is 5.75 Å². The molecule has 0 amide bonds.